The molecule has 1 aliphatic carbocycles. The standard InChI is InChI=1S/C30H36N6O2S2/c1-20-31-18-27(39-20)40-34-25-15-22(16-33-29(25)38-13-7-12-35(2)3)21-8-9-24-23(14-21)28(26(17-32-24)36(4)5)30(19-37)10-6-11-30/h8-9,14-19,34H,6-7,10-13H2,1-5H3. The number of hydrogen-bond acceptors (Lipinski definition) is 10. The van der Waals surface area contributed by atoms with E-state index in [1.807, 2.05) is 45.7 Å². The summed E-state index contributed by atoms with van der Waals surface area (Å²) >= 11 is 3.15. The van der Waals surface area contributed by atoms with Crippen LogP contribution >= 0.6 is 23.3 Å². The second-order valence-corrected chi connectivity index (χ2v) is 13.1. The van der Waals surface area contributed by atoms with Gasteiger partial charge in [0.25, 0.3) is 0 Å². The van der Waals surface area contributed by atoms with Gasteiger partial charge in [-0.25, -0.2) is 9.97 Å². The number of aromatic nitrogens is 3. The summed E-state index contributed by atoms with van der Waals surface area (Å²) in [6, 6.07) is 8.35. The topological polar surface area (TPSA) is 83.5 Å². The first-order chi connectivity index (χ1) is 19.3. The Morgan fingerprint density at radius 1 is 1.07 bits per heavy atom. The molecule has 1 fully saturated rings. The minimum Gasteiger partial charge on any atom is -0.476 e. The Balaban J connectivity index is 1.53. The Bertz CT molecular complexity index is 1500. The molecule has 40 heavy (non-hydrogen) atoms. The molecule has 210 valence electrons. The molecule has 3 heterocycles. The summed E-state index contributed by atoms with van der Waals surface area (Å²) in [5.74, 6) is 0.573. The van der Waals surface area contributed by atoms with Crippen molar-refractivity contribution in [3.63, 3.8) is 0 Å². The molecule has 1 aliphatic rings. The number of aldehydes is 1. The Kier molecular flexibility index (Phi) is 8.58. The first-order valence-corrected chi connectivity index (χ1v) is 15.1. The third-order valence-electron chi connectivity index (χ3n) is 7.33. The van der Waals surface area contributed by atoms with E-state index in [2.05, 4.69) is 51.8 Å². The Labute approximate surface area is 244 Å². The van der Waals surface area contributed by atoms with Crippen LogP contribution < -0.4 is 14.4 Å². The maximum atomic E-state index is 12.4. The molecule has 10 heteroatoms. The van der Waals surface area contributed by atoms with Crippen LogP contribution in [0.4, 0.5) is 11.4 Å². The highest BCUT2D eigenvalue weighted by Gasteiger charge is 2.42. The molecule has 0 amide bonds. The van der Waals surface area contributed by atoms with E-state index in [-0.39, 0.29) is 0 Å². The second kappa shape index (κ2) is 12.1. The van der Waals surface area contributed by atoms with Gasteiger partial charge in [-0.1, -0.05) is 12.5 Å². The predicted molar refractivity (Wildman–Crippen MR) is 166 cm³/mol. The van der Waals surface area contributed by atoms with E-state index < -0.39 is 5.41 Å². The summed E-state index contributed by atoms with van der Waals surface area (Å²) in [6.45, 7) is 3.52. The van der Waals surface area contributed by atoms with E-state index in [1.165, 1.54) is 11.9 Å². The van der Waals surface area contributed by atoms with Crippen molar-refractivity contribution in [2.24, 2.45) is 0 Å². The molecule has 5 rings (SSSR count). The number of fused-ring (bicyclic) bond motifs is 1. The van der Waals surface area contributed by atoms with Gasteiger partial charge in [0.1, 0.15) is 16.2 Å². The van der Waals surface area contributed by atoms with Gasteiger partial charge in [-0.2, -0.15) is 0 Å². The lowest BCUT2D eigenvalue weighted by molar-refractivity contribution is -0.115. The summed E-state index contributed by atoms with van der Waals surface area (Å²) in [7, 11) is 8.13. The number of thiazole rings is 1. The SMILES string of the molecule is Cc1ncc(SNc2cc(-c3ccc4ncc(N(C)C)c(C5(C=O)CCC5)c4c3)cnc2OCCCN(C)C)s1. The number of rotatable bonds is 12. The number of anilines is 2. The molecule has 4 aromatic rings. The maximum absolute atomic E-state index is 12.4. The minimum absolute atomic E-state index is 0.460. The molecular weight excluding hydrogens is 541 g/mol. The summed E-state index contributed by atoms with van der Waals surface area (Å²) in [6.07, 6.45) is 10.5. The van der Waals surface area contributed by atoms with Crippen molar-refractivity contribution < 1.29 is 9.53 Å². The Hall–Kier alpha value is -3.21. The number of ether oxygens (including phenoxy) is 1. The van der Waals surface area contributed by atoms with Crippen molar-refractivity contribution in [3.05, 3.63) is 53.4 Å². The van der Waals surface area contributed by atoms with Crippen molar-refractivity contribution in [2.45, 2.75) is 42.2 Å². The summed E-state index contributed by atoms with van der Waals surface area (Å²) in [5, 5.41) is 2.04. The lowest BCUT2D eigenvalue weighted by Crippen LogP contribution is -2.37. The lowest BCUT2D eigenvalue weighted by atomic mass is 9.64. The van der Waals surface area contributed by atoms with Crippen molar-refractivity contribution in [1.29, 1.82) is 0 Å². The van der Waals surface area contributed by atoms with Crippen molar-refractivity contribution in [2.75, 3.05) is 51.0 Å². The summed E-state index contributed by atoms with van der Waals surface area (Å²) in [4.78, 5) is 30.4. The molecule has 0 spiro atoms. The molecule has 0 bridgehead atoms. The van der Waals surface area contributed by atoms with Gasteiger partial charge in [-0.3, -0.25) is 4.98 Å². The van der Waals surface area contributed by atoms with Crippen LogP contribution in [-0.4, -0.2) is 67.5 Å². The van der Waals surface area contributed by atoms with Gasteiger partial charge in [0, 0.05) is 37.8 Å². The minimum atomic E-state index is -0.460. The van der Waals surface area contributed by atoms with Crippen molar-refractivity contribution in [3.8, 4) is 17.0 Å². The number of pyridine rings is 2. The van der Waals surface area contributed by atoms with E-state index >= 15 is 0 Å². The zero-order valence-electron chi connectivity index (χ0n) is 23.7. The van der Waals surface area contributed by atoms with E-state index in [0.717, 1.165) is 86.7 Å². The number of carbonyl (C=O) groups is 1. The summed E-state index contributed by atoms with van der Waals surface area (Å²) < 4.78 is 10.6. The fraction of sp³-hybridized carbons (Fsp3) is 0.400. The van der Waals surface area contributed by atoms with Crippen LogP contribution in [0.1, 0.15) is 36.3 Å². The number of hydrogen-bond donors (Lipinski definition) is 1. The maximum Gasteiger partial charge on any atom is 0.238 e. The van der Waals surface area contributed by atoms with Gasteiger partial charge < -0.3 is 24.1 Å². The van der Waals surface area contributed by atoms with Gasteiger partial charge >= 0.3 is 0 Å². The first-order valence-electron chi connectivity index (χ1n) is 13.5. The van der Waals surface area contributed by atoms with Crippen molar-refractivity contribution in [1.82, 2.24) is 19.9 Å². The average Bonchev–Trinajstić information content (AvgIpc) is 3.34. The fourth-order valence-corrected chi connectivity index (χ4v) is 6.67. The lowest BCUT2D eigenvalue weighted by Gasteiger charge is -2.40. The molecule has 1 aromatic carbocycles. The monoisotopic (exact) mass is 576 g/mol. The van der Waals surface area contributed by atoms with E-state index in [1.54, 1.807) is 11.3 Å². The molecular formula is C30H36N6O2S2. The molecule has 1 saturated carbocycles. The quantitative estimate of drug-likeness (QED) is 0.120. The number of nitrogens with zero attached hydrogens (tertiary/aromatic N) is 5. The molecule has 3 aromatic heterocycles. The highest BCUT2D eigenvalue weighted by molar-refractivity contribution is 8.02. The molecule has 0 saturated heterocycles. The van der Waals surface area contributed by atoms with Gasteiger partial charge in [0.15, 0.2) is 0 Å². The summed E-state index contributed by atoms with van der Waals surface area (Å²) in [5.41, 5.74) is 5.28. The molecule has 1 N–H and O–H groups in total. The molecule has 8 nitrogen and oxygen atoms in total. The molecule has 0 unspecified atom stereocenters. The normalized spacial score (nSPS) is 14.2. The Morgan fingerprint density at radius 2 is 1.90 bits per heavy atom. The van der Waals surface area contributed by atoms with Crippen LogP contribution in [0.3, 0.4) is 0 Å². The number of benzene rings is 1. The largest absolute Gasteiger partial charge is 0.476 e. The van der Waals surface area contributed by atoms with Gasteiger partial charge in [0.05, 0.1) is 40.6 Å². The van der Waals surface area contributed by atoms with Crippen LogP contribution in [0.15, 0.2) is 47.1 Å². The molecule has 0 aliphatic heterocycles. The number of carbonyl (C=O) groups excluding carboxylic acids is 1. The van der Waals surface area contributed by atoms with E-state index in [0.29, 0.717) is 12.5 Å². The van der Waals surface area contributed by atoms with Crippen LogP contribution in [0.25, 0.3) is 22.0 Å². The highest BCUT2D eigenvalue weighted by atomic mass is 32.2. The fourth-order valence-electron chi connectivity index (χ4n) is 5.05. The second-order valence-electron chi connectivity index (χ2n) is 10.8. The van der Waals surface area contributed by atoms with Crippen LogP contribution in [-0.2, 0) is 10.2 Å². The van der Waals surface area contributed by atoms with E-state index in [9.17, 15) is 4.79 Å². The Morgan fingerprint density at radius 3 is 2.55 bits per heavy atom. The van der Waals surface area contributed by atoms with Crippen LogP contribution in [0, 0.1) is 6.92 Å². The highest BCUT2D eigenvalue weighted by Crippen LogP contribution is 2.48. The number of nitrogens with one attached hydrogen (secondary N) is 1. The molecule has 0 atom stereocenters. The van der Waals surface area contributed by atoms with Gasteiger partial charge in [-0.05, 0) is 81.6 Å². The van der Waals surface area contributed by atoms with Crippen LogP contribution in [0.5, 0.6) is 5.88 Å². The zero-order chi connectivity index (χ0) is 28.3. The van der Waals surface area contributed by atoms with E-state index in [4.69, 9.17) is 14.7 Å². The third kappa shape index (κ3) is 5.94. The zero-order valence-corrected chi connectivity index (χ0v) is 25.4. The third-order valence-corrected chi connectivity index (χ3v) is 9.17. The van der Waals surface area contributed by atoms with Gasteiger partial charge in [-0.15, -0.1) is 11.3 Å². The average molecular weight is 577 g/mol. The smallest absolute Gasteiger partial charge is 0.238 e. The number of aryl methyl sites for hydroxylation is 1. The van der Waals surface area contributed by atoms with Crippen molar-refractivity contribution >= 4 is 51.8 Å². The van der Waals surface area contributed by atoms with Crippen LogP contribution in [0.2, 0.25) is 0 Å². The first kappa shape index (κ1) is 28.3. The molecule has 0 radical (unpaired) electrons. The predicted octanol–water partition coefficient (Wildman–Crippen LogP) is 6.20. The van der Waals surface area contributed by atoms with Gasteiger partial charge in [0.2, 0.25) is 5.88 Å².